The molecule has 6 nitrogen and oxygen atoms in total. The van der Waals surface area contributed by atoms with Crippen LogP contribution in [-0.2, 0) is 43.8 Å². The summed E-state index contributed by atoms with van der Waals surface area (Å²) in [6.45, 7) is 22.5. The summed E-state index contributed by atoms with van der Waals surface area (Å²) in [5.41, 5.74) is 0. The van der Waals surface area contributed by atoms with Gasteiger partial charge in [0.2, 0.25) is 0 Å². The zero-order chi connectivity index (χ0) is 17.8. The quantitative estimate of drug-likeness (QED) is 0.324. The molecule has 0 saturated carbocycles. The van der Waals surface area contributed by atoms with Gasteiger partial charge in [-0.2, -0.15) is 0 Å². The Morgan fingerprint density at radius 2 is 1.30 bits per heavy atom. The Labute approximate surface area is 127 Å². The molecule has 0 rings (SSSR count). The second-order valence-corrected chi connectivity index (χ2v) is 2.70. The van der Waals surface area contributed by atoms with Crippen LogP contribution in [0.1, 0.15) is 25.7 Å². The molecule has 0 radical (unpaired) electrons. The van der Waals surface area contributed by atoms with Crippen molar-refractivity contribution in [2.45, 2.75) is 25.7 Å². The fourth-order valence-electron chi connectivity index (χ4n) is 0.598. The molecule has 0 atom stereocenters. The van der Waals surface area contributed by atoms with Crippen LogP contribution in [0.3, 0.4) is 0 Å². The first-order valence-electron chi connectivity index (χ1n) is 4.33. The summed E-state index contributed by atoms with van der Waals surface area (Å²) in [5.74, 6) is 2.60. The molecule has 0 aliphatic rings. The first-order valence-corrected chi connectivity index (χ1v) is 4.97. The Hall–Kier alpha value is -1.38. The van der Waals surface area contributed by atoms with E-state index >= 15 is 0 Å². The van der Waals surface area contributed by atoms with Crippen molar-refractivity contribution in [3.05, 3.63) is 33.3 Å². The van der Waals surface area contributed by atoms with Crippen LogP contribution in [0.4, 0.5) is 0 Å². The van der Waals surface area contributed by atoms with Gasteiger partial charge in [0.25, 0.3) is 0 Å². The molecule has 20 heavy (non-hydrogen) atoms. The van der Waals surface area contributed by atoms with Gasteiger partial charge in [0.1, 0.15) is 0 Å². The van der Waals surface area contributed by atoms with Gasteiger partial charge in [-0.15, -0.1) is 0 Å². The van der Waals surface area contributed by atoms with Gasteiger partial charge in [-0.3, -0.25) is 0 Å². The second-order valence-electron chi connectivity index (χ2n) is 1.99. The van der Waals surface area contributed by atoms with Gasteiger partial charge >= 0.3 is 127 Å². The van der Waals surface area contributed by atoms with E-state index < -0.39 is 0 Å². The third-order valence-electron chi connectivity index (χ3n) is 1.18. The SMILES string of the molecule is C#CCCCC[C](=[Cr])OC.[C-]#[O+].[C-]#[O+].[C-]#[O+].[C-]#[O+].[C-]#[O+]. The topological polar surface area (TPSA) is 109 Å². The molecule has 0 amide bonds. The van der Waals surface area contributed by atoms with Gasteiger partial charge < -0.3 is 0 Å². The number of terminal acetylenes is 1. The van der Waals surface area contributed by atoms with E-state index in [-0.39, 0.29) is 0 Å². The molecule has 0 aliphatic carbocycles. The van der Waals surface area contributed by atoms with E-state index in [0.29, 0.717) is 0 Å². The van der Waals surface area contributed by atoms with Crippen LogP contribution < -0.4 is 0 Å². The minimum atomic E-state index is 0.872. The van der Waals surface area contributed by atoms with E-state index in [1.54, 1.807) is 7.11 Å². The summed E-state index contributed by atoms with van der Waals surface area (Å²) < 4.78 is 43.4. The summed E-state index contributed by atoms with van der Waals surface area (Å²) in [7, 11) is 1.67. The summed E-state index contributed by atoms with van der Waals surface area (Å²) in [5, 5.41) is 0. The number of unbranched alkanes of at least 4 members (excludes halogenated alkanes) is 2. The standard InChI is InChI=1S/C8H12O.5CO.Cr/c1-3-4-5-6-7-8-9-2;5*1-2;/h1H,4-7H2,2H3;;;;;;. The summed E-state index contributed by atoms with van der Waals surface area (Å²) in [4.78, 5) is 0. The molecule has 0 aliphatic heterocycles. The predicted octanol–water partition coefficient (Wildman–Crippen LogP) is 1.32. The summed E-state index contributed by atoms with van der Waals surface area (Å²) in [6.07, 6.45) is 9.14. The number of hydrogen-bond acceptors (Lipinski definition) is 1. The van der Waals surface area contributed by atoms with Gasteiger partial charge in [-0.25, -0.2) is 0 Å². The molecule has 0 saturated heterocycles. The van der Waals surface area contributed by atoms with E-state index in [1.807, 2.05) is 0 Å². The molecule has 0 aromatic rings. The first-order chi connectivity index (χ1) is 9.81. The van der Waals surface area contributed by atoms with Gasteiger partial charge in [0, 0.05) is 0 Å². The van der Waals surface area contributed by atoms with Crippen LogP contribution in [0, 0.1) is 45.6 Å². The van der Waals surface area contributed by atoms with Crippen molar-refractivity contribution in [3.63, 3.8) is 0 Å². The number of rotatable bonds is 5. The molecule has 0 unspecified atom stereocenters. The van der Waals surface area contributed by atoms with Crippen molar-refractivity contribution in [2.75, 3.05) is 7.11 Å². The van der Waals surface area contributed by atoms with Crippen LogP contribution in [0.2, 0.25) is 0 Å². The zero-order valence-corrected chi connectivity index (χ0v) is 12.0. The summed E-state index contributed by atoms with van der Waals surface area (Å²) in [6, 6.07) is 0. The van der Waals surface area contributed by atoms with Crippen LogP contribution in [-0.4, -0.2) is 11.7 Å². The van der Waals surface area contributed by atoms with Crippen LogP contribution in [0.5, 0.6) is 0 Å². The monoisotopic (exact) mass is 316 g/mol. The molecule has 0 fully saturated rings. The zero-order valence-electron chi connectivity index (χ0n) is 10.8. The number of methoxy groups -OCH3 is 1. The Balaban J connectivity index is -0.0000000412. The molecular formula is C13H12CrO6. The summed E-state index contributed by atoms with van der Waals surface area (Å²) >= 11 is 2.85. The fourth-order valence-corrected chi connectivity index (χ4v) is 0.824. The van der Waals surface area contributed by atoms with Gasteiger partial charge in [-0.05, 0) is 0 Å². The van der Waals surface area contributed by atoms with Crippen LogP contribution in [0.15, 0.2) is 0 Å². The van der Waals surface area contributed by atoms with Crippen LogP contribution in [0.25, 0.3) is 0 Å². The van der Waals surface area contributed by atoms with E-state index in [0.717, 1.165) is 30.2 Å². The Bertz CT molecular complexity index is 271. The van der Waals surface area contributed by atoms with Crippen molar-refractivity contribution < 1.29 is 43.8 Å². The Morgan fingerprint density at radius 1 is 0.950 bits per heavy atom. The van der Waals surface area contributed by atoms with Crippen molar-refractivity contribution in [1.29, 1.82) is 0 Å². The van der Waals surface area contributed by atoms with E-state index in [2.05, 4.69) is 55.0 Å². The predicted molar refractivity (Wildman–Crippen MR) is 59.0 cm³/mol. The normalized spacial score (nSPS) is 4.90. The molecule has 0 aromatic carbocycles. The molecule has 0 spiro atoms. The van der Waals surface area contributed by atoms with E-state index in [9.17, 15) is 0 Å². The molecular weight excluding hydrogens is 304 g/mol. The fraction of sp³-hybridized carbons (Fsp3) is 0.385. The molecule has 0 N–H and O–H groups in total. The maximum absolute atomic E-state index is 7.50. The Morgan fingerprint density at radius 3 is 1.55 bits per heavy atom. The molecule has 7 heteroatoms. The first kappa shape index (κ1) is 36.3. The second kappa shape index (κ2) is 83.8. The van der Waals surface area contributed by atoms with Crippen molar-refractivity contribution >= 4 is 4.57 Å². The molecule has 106 valence electrons. The third kappa shape index (κ3) is 92.5. The third-order valence-corrected chi connectivity index (χ3v) is 1.76. The van der Waals surface area contributed by atoms with Crippen molar-refractivity contribution in [2.24, 2.45) is 0 Å². The minimum absolute atomic E-state index is 0.872. The van der Waals surface area contributed by atoms with Gasteiger partial charge in [0.05, 0.1) is 0 Å². The number of ether oxygens (including phenoxy) is 1. The average Bonchev–Trinajstić information content (AvgIpc) is 2.60. The van der Waals surface area contributed by atoms with Crippen LogP contribution >= 0.6 is 0 Å². The Kier molecular flexibility index (Phi) is 152. The molecule has 0 aromatic heterocycles. The average molecular weight is 316 g/mol. The van der Waals surface area contributed by atoms with Gasteiger partial charge in [-0.1, -0.05) is 0 Å². The molecule has 0 bridgehead atoms. The van der Waals surface area contributed by atoms with Gasteiger partial charge in [0.15, 0.2) is 0 Å². The molecule has 0 heterocycles. The van der Waals surface area contributed by atoms with Crippen molar-refractivity contribution in [1.82, 2.24) is 0 Å². The maximum atomic E-state index is 7.50. The van der Waals surface area contributed by atoms with E-state index in [1.165, 1.54) is 0 Å². The number of hydrogen-bond donors (Lipinski definition) is 0. The van der Waals surface area contributed by atoms with E-state index in [4.69, 9.17) is 34.4 Å². The van der Waals surface area contributed by atoms with Crippen molar-refractivity contribution in [3.8, 4) is 12.3 Å².